The summed E-state index contributed by atoms with van der Waals surface area (Å²) in [6.07, 6.45) is -1.66. The normalized spacial score (nSPS) is 12.6. The van der Waals surface area contributed by atoms with Gasteiger partial charge in [-0.25, -0.2) is 8.78 Å². The average Bonchev–Trinajstić information content (AvgIpc) is 2.29. The minimum Gasteiger partial charge on any atom is -0.494 e. The number of rotatable bonds is 4. The van der Waals surface area contributed by atoms with E-state index >= 15 is 0 Å². The number of aliphatic hydroxyl groups is 1. The van der Waals surface area contributed by atoms with E-state index in [1.807, 2.05) is 0 Å². The Kier molecular flexibility index (Phi) is 4.17. The smallest absolute Gasteiger partial charge is 0.168 e. The third-order valence-electron chi connectivity index (χ3n) is 2.40. The van der Waals surface area contributed by atoms with Gasteiger partial charge in [0.25, 0.3) is 0 Å². The fourth-order valence-corrected chi connectivity index (χ4v) is 1.38. The van der Waals surface area contributed by atoms with Gasteiger partial charge < -0.3 is 9.84 Å². The molecule has 1 aromatic rings. The number of hydrogen-bond acceptors (Lipinski definition) is 3. The van der Waals surface area contributed by atoms with Crippen LogP contribution in [0.1, 0.15) is 25.5 Å². The Bertz CT molecular complexity index is 430. The molecule has 1 aromatic carbocycles. The summed E-state index contributed by atoms with van der Waals surface area (Å²) in [4.78, 5) is 11.5. The fourth-order valence-electron chi connectivity index (χ4n) is 1.38. The van der Waals surface area contributed by atoms with Crippen molar-refractivity contribution in [3.8, 4) is 5.75 Å². The van der Waals surface area contributed by atoms with Gasteiger partial charge in [0, 0.05) is 17.5 Å². The van der Waals surface area contributed by atoms with Crippen LogP contribution >= 0.6 is 0 Å². The summed E-state index contributed by atoms with van der Waals surface area (Å²) in [5.41, 5.74) is -0.373. The van der Waals surface area contributed by atoms with Gasteiger partial charge >= 0.3 is 0 Å². The summed E-state index contributed by atoms with van der Waals surface area (Å²) < 4.78 is 31.5. The predicted molar refractivity (Wildman–Crippen MR) is 57.7 cm³/mol. The first-order valence-electron chi connectivity index (χ1n) is 5.13. The summed E-state index contributed by atoms with van der Waals surface area (Å²) in [5.74, 6) is -2.98. The van der Waals surface area contributed by atoms with Crippen LogP contribution in [0.3, 0.4) is 0 Å². The van der Waals surface area contributed by atoms with Crippen LogP contribution < -0.4 is 4.74 Å². The monoisotopic (exact) mass is 244 g/mol. The van der Waals surface area contributed by atoms with Gasteiger partial charge in [0.05, 0.1) is 7.11 Å². The third-order valence-corrected chi connectivity index (χ3v) is 2.40. The van der Waals surface area contributed by atoms with Crippen LogP contribution in [0.25, 0.3) is 0 Å². The number of ketones is 1. The molecular weight excluding hydrogens is 230 g/mol. The van der Waals surface area contributed by atoms with Gasteiger partial charge in [0.15, 0.2) is 17.3 Å². The van der Waals surface area contributed by atoms with Gasteiger partial charge in [-0.1, -0.05) is 13.8 Å². The molecule has 0 spiro atoms. The van der Waals surface area contributed by atoms with Crippen LogP contribution in [0.15, 0.2) is 12.1 Å². The molecule has 1 atom stereocenters. The lowest BCUT2D eigenvalue weighted by Crippen LogP contribution is -2.19. The molecule has 0 saturated carbocycles. The lowest BCUT2D eigenvalue weighted by Gasteiger charge is -2.14. The largest absolute Gasteiger partial charge is 0.494 e. The molecule has 1 rings (SSSR count). The Balaban J connectivity index is 3.15. The van der Waals surface area contributed by atoms with Crippen molar-refractivity contribution < 1.29 is 23.4 Å². The van der Waals surface area contributed by atoms with Gasteiger partial charge in [0.1, 0.15) is 11.9 Å². The van der Waals surface area contributed by atoms with Crippen LogP contribution in [-0.2, 0) is 4.79 Å². The molecule has 0 radical (unpaired) electrons. The number of methoxy groups -OCH3 is 1. The first-order chi connectivity index (χ1) is 7.88. The summed E-state index contributed by atoms with van der Waals surface area (Å²) in [5, 5.41) is 9.63. The van der Waals surface area contributed by atoms with Crippen LogP contribution in [0.4, 0.5) is 8.78 Å². The Morgan fingerprint density at radius 2 is 1.88 bits per heavy atom. The highest BCUT2D eigenvalue weighted by molar-refractivity contribution is 5.85. The second kappa shape index (κ2) is 5.23. The van der Waals surface area contributed by atoms with Crippen molar-refractivity contribution in [3.05, 3.63) is 29.3 Å². The molecule has 0 heterocycles. The third kappa shape index (κ3) is 2.79. The van der Waals surface area contributed by atoms with Crippen LogP contribution in [-0.4, -0.2) is 18.0 Å². The van der Waals surface area contributed by atoms with Crippen molar-refractivity contribution in [1.82, 2.24) is 0 Å². The number of carbonyl (C=O) groups is 1. The topological polar surface area (TPSA) is 46.5 Å². The van der Waals surface area contributed by atoms with Gasteiger partial charge in [-0.2, -0.15) is 0 Å². The molecule has 94 valence electrons. The van der Waals surface area contributed by atoms with Crippen molar-refractivity contribution in [1.29, 1.82) is 0 Å². The zero-order valence-corrected chi connectivity index (χ0v) is 9.83. The summed E-state index contributed by atoms with van der Waals surface area (Å²) >= 11 is 0. The van der Waals surface area contributed by atoms with Crippen LogP contribution in [0.2, 0.25) is 0 Å². The molecule has 5 heteroatoms. The molecule has 3 nitrogen and oxygen atoms in total. The average molecular weight is 244 g/mol. The summed E-state index contributed by atoms with van der Waals surface area (Å²) in [7, 11) is 1.20. The Morgan fingerprint density at radius 3 is 2.35 bits per heavy atom. The summed E-state index contributed by atoms with van der Waals surface area (Å²) in [6.45, 7) is 3.15. The van der Waals surface area contributed by atoms with E-state index in [1.54, 1.807) is 13.8 Å². The number of halogens is 2. The molecule has 0 aliphatic carbocycles. The SMILES string of the molecule is COc1cc(F)c(C(O)C(=O)C(C)C)cc1F. The van der Waals surface area contributed by atoms with Crippen molar-refractivity contribution in [3.63, 3.8) is 0 Å². The maximum atomic E-state index is 13.5. The molecular formula is C12H14F2O3. The van der Waals surface area contributed by atoms with E-state index in [9.17, 15) is 18.7 Å². The molecule has 0 saturated heterocycles. The maximum absolute atomic E-state index is 13.5. The fraction of sp³-hybridized carbons (Fsp3) is 0.417. The number of carbonyl (C=O) groups excluding carboxylic acids is 1. The number of benzene rings is 1. The lowest BCUT2D eigenvalue weighted by atomic mass is 9.97. The van der Waals surface area contributed by atoms with Gasteiger partial charge in [0.2, 0.25) is 0 Å². The van der Waals surface area contributed by atoms with Crippen molar-refractivity contribution in [2.75, 3.05) is 7.11 Å². The highest BCUT2D eigenvalue weighted by atomic mass is 19.1. The number of hydrogen-bond donors (Lipinski definition) is 1. The Morgan fingerprint density at radius 1 is 1.29 bits per heavy atom. The van der Waals surface area contributed by atoms with E-state index in [4.69, 9.17) is 0 Å². The number of ether oxygens (including phenoxy) is 1. The second-order valence-electron chi connectivity index (χ2n) is 3.97. The molecule has 0 amide bonds. The van der Waals surface area contributed by atoms with Crippen LogP contribution in [0.5, 0.6) is 5.75 Å². The quantitative estimate of drug-likeness (QED) is 0.883. The maximum Gasteiger partial charge on any atom is 0.168 e. The molecule has 0 bridgehead atoms. The van der Waals surface area contributed by atoms with Crippen molar-refractivity contribution >= 4 is 5.78 Å². The highest BCUT2D eigenvalue weighted by Crippen LogP contribution is 2.27. The molecule has 17 heavy (non-hydrogen) atoms. The minimum atomic E-state index is -1.66. The molecule has 1 N–H and O–H groups in total. The van der Waals surface area contributed by atoms with E-state index in [-0.39, 0.29) is 11.3 Å². The van der Waals surface area contributed by atoms with Gasteiger partial charge in [-0.05, 0) is 6.07 Å². The number of Topliss-reactive ketones (excluding diaryl/α,β-unsaturated/α-hetero) is 1. The zero-order chi connectivity index (χ0) is 13.2. The second-order valence-corrected chi connectivity index (χ2v) is 3.97. The van der Waals surface area contributed by atoms with E-state index in [0.717, 1.165) is 12.1 Å². The van der Waals surface area contributed by atoms with Crippen molar-refractivity contribution in [2.45, 2.75) is 20.0 Å². The number of aliphatic hydroxyl groups excluding tert-OH is 1. The van der Waals surface area contributed by atoms with E-state index in [0.29, 0.717) is 0 Å². The molecule has 0 fully saturated rings. The Hall–Kier alpha value is -1.49. The summed E-state index contributed by atoms with van der Waals surface area (Å²) in [6, 6.07) is 1.58. The highest BCUT2D eigenvalue weighted by Gasteiger charge is 2.24. The van der Waals surface area contributed by atoms with E-state index < -0.39 is 29.4 Å². The van der Waals surface area contributed by atoms with E-state index in [1.165, 1.54) is 7.11 Å². The van der Waals surface area contributed by atoms with Gasteiger partial charge in [-0.15, -0.1) is 0 Å². The van der Waals surface area contributed by atoms with Gasteiger partial charge in [-0.3, -0.25) is 4.79 Å². The molecule has 0 aliphatic rings. The zero-order valence-electron chi connectivity index (χ0n) is 9.83. The van der Waals surface area contributed by atoms with Crippen LogP contribution in [0, 0.1) is 17.6 Å². The standard InChI is InChI=1S/C12H14F2O3/c1-6(2)11(15)12(16)7-4-9(14)10(17-3)5-8(7)13/h4-6,12,16H,1-3H3. The molecule has 0 aromatic heterocycles. The lowest BCUT2D eigenvalue weighted by molar-refractivity contribution is -0.130. The molecule has 0 aliphatic heterocycles. The minimum absolute atomic E-state index is 0.268. The van der Waals surface area contributed by atoms with Crippen molar-refractivity contribution in [2.24, 2.45) is 5.92 Å². The molecule has 1 unspecified atom stereocenters. The Labute approximate surface area is 98.0 Å². The first-order valence-corrected chi connectivity index (χ1v) is 5.13. The predicted octanol–water partition coefficient (Wildman–Crippen LogP) is 2.23. The first kappa shape index (κ1) is 13.6. The van der Waals surface area contributed by atoms with E-state index in [2.05, 4.69) is 4.74 Å².